The molecule has 0 saturated carbocycles. The summed E-state index contributed by atoms with van der Waals surface area (Å²) in [6.45, 7) is 3.42. The van der Waals surface area contributed by atoms with E-state index in [1.165, 1.54) is 25.8 Å². The molecule has 0 aromatic carbocycles. The van der Waals surface area contributed by atoms with Crippen LogP contribution in [0.4, 0.5) is 0 Å². The Balaban J connectivity index is 2.00. The van der Waals surface area contributed by atoms with Gasteiger partial charge in [0.15, 0.2) is 5.96 Å². The van der Waals surface area contributed by atoms with E-state index >= 15 is 0 Å². The number of likely N-dealkylation sites (tertiary alicyclic amines) is 2. The van der Waals surface area contributed by atoms with E-state index in [0.717, 1.165) is 25.0 Å². The first-order chi connectivity index (χ1) is 7.22. The third-order valence-electron chi connectivity index (χ3n) is 3.90. The molecular weight excluding hydrogens is 188 g/mol. The molecule has 2 aliphatic heterocycles. The number of guanidine groups is 1. The largest absolute Gasteiger partial charge is 0.370 e. The molecule has 2 atom stereocenters. The summed E-state index contributed by atoms with van der Waals surface area (Å²) in [5, 5.41) is 0. The molecule has 2 saturated heterocycles. The number of fused-ring (bicyclic) bond motifs is 1. The first kappa shape index (κ1) is 10.7. The molecule has 2 rings (SSSR count). The number of rotatable bonds is 0. The van der Waals surface area contributed by atoms with Gasteiger partial charge in [-0.1, -0.05) is 0 Å². The Hall–Kier alpha value is -0.770. The number of hydrogen-bond donors (Lipinski definition) is 1. The summed E-state index contributed by atoms with van der Waals surface area (Å²) in [5.74, 6) is 1.50. The van der Waals surface area contributed by atoms with Crippen molar-refractivity contribution in [2.75, 3.05) is 33.7 Å². The van der Waals surface area contributed by atoms with Crippen molar-refractivity contribution in [1.29, 1.82) is 0 Å². The third kappa shape index (κ3) is 2.09. The summed E-state index contributed by atoms with van der Waals surface area (Å²) in [5.41, 5.74) is 5.87. The lowest BCUT2D eigenvalue weighted by Gasteiger charge is -2.46. The van der Waals surface area contributed by atoms with Crippen LogP contribution in [0.5, 0.6) is 0 Å². The predicted octanol–water partition coefficient (Wildman–Crippen LogP) is 0.347. The molecule has 0 aliphatic carbocycles. The van der Waals surface area contributed by atoms with Crippen molar-refractivity contribution >= 4 is 5.96 Å². The minimum absolute atomic E-state index is 0.710. The van der Waals surface area contributed by atoms with Crippen LogP contribution in [0, 0.1) is 5.92 Å². The zero-order valence-corrected chi connectivity index (χ0v) is 9.82. The average Bonchev–Trinajstić information content (AvgIpc) is 2.28. The quantitative estimate of drug-likeness (QED) is 0.463. The summed E-state index contributed by atoms with van der Waals surface area (Å²) in [6, 6.07) is 0.777. The van der Waals surface area contributed by atoms with Crippen LogP contribution >= 0.6 is 0 Å². The first-order valence-corrected chi connectivity index (χ1v) is 5.90. The van der Waals surface area contributed by atoms with Crippen molar-refractivity contribution in [3.8, 4) is 0 Å². The van der Waals surface area contributed by atoms with Crippen molar-refractivity contribution in [1.82, 2.24) is 9.80 Å². The Morgan fingerprint density at radius 3 is 2.87 bits per heavy atom. The molecule has 4 nitrogen and oxygen atoms in total. The van der Waals surface area contributed by atoms with E-state index in [-0.39, 0.29) is 0 Å². The molecule has 0 aromatic rings. The maximum absolute atomic E-state index is 5.87. The van der Waals surface area contributed by atoms with Gasteiger partial charge in [-0.15, -0.1) is 0 Å². The fourth-order valence-corrected chi connectivity index (χ4v) is 3.00. The molecule has 2 heterocycles. The van der Waals surface area contributed by atoms with E-state index in [1.807, 2.05) is 0 Å². The number of nitrogens with two attached hydrogens (primary N) is 1. The Kier molecular flexibility index (Phi) is 3.14. The van der Waals surface area contributed by atoms with Crippen molar-refractivity contribution in [2.24, 2.45) is 16.6 Å². The van der Waals surface area contributed by atoms with E-state index in [4.69, 9.17) is 5.73 Å². The van der Waals surface area contributed by atoms with Crippen LogP contribution in [0.3, 0.4) is 0 Å². The number of piperidine rings is 2. The second-order valence-electron chi connectivity index (χ2n) is 4.77. The van der Waals surface area contributed by atoms with Gasteiger partial charge in [0.25, 0.3) is 0 Å². The monoisotopic (exact) mass is 210 g/mol. The molecule has 2 aliphatic rings. The summed E-state index contributed by atoms with van der Waals surface area (Å²) in [7, 11) is 4.03. The number of aliphatic imine (C=N–C) groups is 1. The van der Waals surface area contributed by atoms with Crippen LogP contribution in [-0.2, 0) is 0 Å². The smallest absolute Gasteiger partial charge is 0.190 e. The van der Waals surface area contributed by atoms with Crippen LogP contribution < -0.4 is 5.73 Å². The second kappa shape index (κ2) is 4.39. The molecule has 0 radical (unpaired) electrons. The standard InChI is InChI=1S/C11H22N4/c1-13-11(12)15-7-5-10-9(8-15)4-3-6-14(10)2/h9-10H,3-8H2,1-2H3,(H2,12,13). The molecular formula is C11H22N4. The molecule has 0 bridgehead atoms. The van der Waals surface area contributed by atoms with Gasteiger partial charge in [0.1, 0.15) is 0 Å². The third-order valence-corrected chi connectivity index (χ3v) is 3.90. The van der Waals surface area contributed by atoms with E-state index < -0.39 is 0 Å². The molecule has 0 aromatic heterocycles. The molecule has 4 heteroatoms. The average molecular weight is 210 g/mol. The lowest BCUT2D eigenvalue weighted by Crippen LogP contribution is -2.55. The van der Waals surface area contributed by atoms with Gasteiger partial charge >= 0.3 is 0 Å². The Bertz CT molecular complexity index is 251. The van der Waals surface area contributed by atoms with E-state index in [1.54, 1.807) is 7.05 Å². The first-order valence-electron chi connectivity index (χ1n) is 5.90. The van der Waals surface area contributed by atoms with Crippen molar-refractivity contribution in [2.45, 2.75) is 25.3 Å². The van der Waals surface area contributed by atoms with Crippen LogP contribution in [0.25, 0.3) is 0 Å². The number of nitrogens with zero attached hydrogens (tertiary/aromatic N) is 3. The summed E-state index contributed by atoms with van der Waals surface area (Å²) in [4.78, 5) is 8.83. The lowest BCUT2D eigenvalue weighted by atomic mass is 9.84. The van der Waals surface area contributed by atoms with Crippen molar-refractivity contribution < 1.29 is 0 Å². The van der Waals surface area contributed by atoms with Gasteiger partial charge in [-0.05, 0) is 38.8 Å². The zero-order chi connectivity index (χ0) is 10.8. The summed E-state index contributed by atoms with van der Waals surface area (Å²) in [6.07, 6.45) is 3.91. The van der Waals surface area contributed by atoms with Crippen molar-refractivity contribution in [3.63, 3.8) is 0 Å². The summed E-state index contributed by atoms with van der Waals surface area (Å²) < 4.78 is 0. The highest BCUT2D eigenvalue weighted by Gasteiger charge is 2.34. The maximum atomic E-state index is 5.87. The molecule has 15 heavy (non-hydrogen) atoms. The maximum Gasteiger partial charge on any atom is 0.190 e. The predicted molar refractivity (Wildman–Crippen MR) is 62.9 cm³/mol. The van der Waals surface area contributed by atoms with Gasteiger partial charge in [-0.25, -0.2) is 0 Å². The lowest BCUT2D eigenvalue weighted by molar-refractivity contribution is 0.0628. The number of hydrogen-bond acceptors (Lipinski definition) is 2. The van der Waals surface area contributed by atoms with Crippen LogP contribution in [0.2, 0.25) is 0 Å². The van der Waals surface area contributed by atoms with E-state index in [0.29, 0.717) is 5.96 Å². The van der Waals surface area contributed by atoms with E-state index in [2.05, 4.69) is 21.8 Å². The van der Waals surface area contributed by atoms with Gasteiger partial charge in [0.2, 0.25) is 0 Å². The Morgan fingerprint density at radius 2 is 2.13 bits per heavy atom. The fourth-order valence-electron chi connectivity index (χ4n) is 3.00. The molecule has 2 unspecified atom stereocenters. The van der Waals surface area contributed by atoms with Gasteiger partial charge in [-0.2, -0.15) is 0 Å². The minimum Gasteiger partial charge on any atom is -0.370 e. The highest BCUT2D eigenvalue weighted by molar-refractivity contribution is 5.78. The Labute approximate surface area is 92.1 Å². The van der Waals surface area contributed by atoms with E-state index in [9.17, 15) is 0 Å². The van der Waals surface area contributed by atoms with Gasteiger partial charge in [0, 0.05) is 26.2 Å². The molecule has 2 fully saturated rings. The highest BCUT2D eigenvalue weighted by atomic mass is 15.3. The summed E-state index contributed by atoms with van der Waals surface area (Å²) >= 11 is 0. The molecule has 86 valence electrons. The normalized spacial score (nSPS) is 34.0. The zero-order valence-electron chi connectivity index (χ0n) is 9.82. The van der Waals surface area contributed by atoms with Crippen LogP contribution in [-0.4, -0.2) is 55.5 Å². The minimum atomic E-state index is 0.710. The van der Waals surface area contributed by atoms with Gasteiger partial charge in [0.05, 0.1) is 0 Å². The highest BCUT2D eigenvalue weighted by Crippen LogP contribution is 2.29. The van der Waals surface area contributed by atoms with Crippen LogP contribution in [0.1, 0.15) is 19.3 Å². The van der Waals surface area contributed by atoms with Crippen LogP contribution in [0.15, 0.2) is 4.99 Å². The van der Waals surface area contributed by atoms with Gasteiger partial charge in [-0.3, -0.25) is 4.99 Å². The molecule has 0 amide bonds. The molecule has 2 N–H and O–H groups in total. The van der Waals surface area contributed by atoms with Gasteiger partial charge < -0.3 is 15.5 Å². The van der Waals surface area contributed by atoms with Crippen molar-refractivity contribution in [3.05, 3.63) is 0 Å². The SMILES string of the molecule is CN=C(N)N1CCC2C(CCCN2C)C1. The Morgan fingerprint density at radius 1 is 1.33 bits per heavy atom. The topological polar surface area (TPSA) is 44.9 Å². The molecule has 0 spiro atoms. The second-order valence-corrected chi connectivity index (χ2v) is 4.77. The fraction of sp³-hybridized carbons (Fsp3) is 0.909.